The summed E-state index contributed by atoms with van der Waals surface area (Å²) in [5.41, 5.74) is 1.71. The zero-order valence-electron chi connectivity index (χ0n) is 9.51. The van der Waals surface area contributed by atoms with Crippen molar-refractivity contribution in [2.45, 2.75) is 6.42 Å². The van der Waals surface area contributed by atoms with E-state index in [-0.39, 0.29) is 5.91 Å². The number of carbonyl (C=O) groups is 1. The lowest BCUT2D eigenvalue weighted by Crippen LogP contribution is -2.13. The lowest BCUT2D eigenvalue weighted by atomic mass is 10.2. The third kappa shape index (κ3) is 2.12. The maximum absolute atomic E-state index is 11.9. The summed E-state index contributed by atoms with van der Waals surface area (Å²) in [6.07, 6.45) is 2.13. The van der Waals surface area contributed by atoms with Crippen LogP contribution < -0.4 is 5.32 Å². The highest BCUT2D eigenvalue weighted by molar-refractivity contribution is 7.10. The van der Waals surface area contributed by atoms with Crippen LogP contribution in [0.5, 0.6) is 0 Å². The van der Waals surface area contributed by atoms with Gasteiger partial charge in [-0.15, -0.1) is 11.3 Å². The van der Waals surface area contributed by atoms with Gasteiger partial charge in [-0.1, -0.05) is 12.1 Å². The second kappa shape index (κ2) is 4.62. The third-order valence-corrected chi connectivity index (χ3v) is 3.55. The Labute approximate surface area is 108 Å². The van der Waals surface area contributed by atoms with Crippen LogP contribution in [0.15, 0.2) is 41.9 Å². The highest BCUT2D eigenvalue weighted by atomic mass is 32.1. The number of hydrogen-bond donors (Lipinski definition) is 2. The summed E-state index contributed by atoms with van der Waals surface area (Å²) in [7, 11) is 0. The van der Waals surface area contributed by atoms with Crippen molar-refractivity contribution in [1.82, 2.24) is 10.2 Å². The van der Waals surface area contributed by atoms with Crippen LogP contribution in [-0.4, -0.2) is 16.1 Å². The maximum Gasteiger partial charge on any atom is 0.229 e. The smallest absolute Gasteiger partial charge is 0.229 e. The molecule has 0 radical (unpaired) electrons. The highest BCUT2D eigenvalue weighted by Gasteiger charge is 2.08. The van der Waals surface area contributed by atoms with Crippen molar-refractivity contribution >= 4 is 33.8 Å². The quantitative estimate of drug-likeness (QED) is 0.758. The Balaban J connectivity index is 1.80. The normalized spacial score (nSPS) is 10.7. The number of anilines is 1. The maximum atomic E-state index is 11.9. The number of amides is 1. The second-order valence-corrected chi connectivity index (χ2v) is 4.97. The standard InChI is InChI=1S/C13H11N3OS/c17-13(7-9-3-2-6-18-9)15-11-4-1-5-12-10(11)8-14-16-12/h1-6,8H,7H2,(H,14,16)(H,15,17). The van der Waals surface area contributed by atoms with Crippen LogP contribution in [0.3, 0.4) is 0 Å². The fourth-order valence-corrected chi connectivity index (χ4v) is 2.55. The molecule has 1 amide bonds. The molecule has 3 rings (SSSR count). The van der Waals surface area contributed by atoms with E-state index in [0.717, 1.165) is 21.5 Å². The summed E-state index contributed by atoms with van der Waals surface area (Å²) >= 11 is 1.59. The Hall–Kier alpha value is -2.14. The summed E-state index contributed by atoms with van der Waals surface area (Å²) in [4.78, 5) is 13.0. The first-order valence-electron chi connectivity index (χ1n) is 5.57. The lowest BCUT2D eigenvalue weighted by Gasteiger charge is -2.05. The van der Waals surface area contributed by atoms with Gasteiger partial charge in [-0.05, 0) is 23.6 Å². The molecule has 0 bridgehead atoms. The number of aromatic nitrogens is 2. The highest BCUT2D eigenvalue weighted by Crippen LogP contribution is 2.21. The summed E-state index contributed by atoms with van der Waals surface area (Å²) in [5, 5.41) is 12.7. The monoisotopic (exact) mass is 257 g/mol. The molecule has 0 fully saturated rings. The number of thiophene rings is 1. The minimum atomic E-state index is -0.00819. The first-order chi connectivity index (χ1) is 8.83. The summed E-state index contributed by atoms with van der Waals surface area (Å²) in [6.45, 7) is 0. The molecule has 0 spiro atoms. The minimum absolute atomic E-state index is 0.00819. The summed E-state index contributed by atoms with van der Waals surface area (Å²) < 4.78 is 0. The average molecular weight is 257 g/mol. The van der Waals surface area contributed by atoms with E-state index in [1.165, 1.54) is 0 Å². The molecule has 2 heterocycles. The molecule has 0 saturated carbocycles. The number of nitrogens with zero attached hydrogens (tertiary/aromatic N) is 1. The Morgan fingerprint density at radius 3 is 3.11 bits per heavy atom. The van der Waals surface area contributed by atoms with Gasteiger partial charge in [-0.2, -0.15) is 5.10 Å². The molecule has 3 aromatic rings. The van der Waals surface area contributed by atoms with Crippen molar-refractivity contribution < 1.29 is 4.79 Å². The van der Waals surface area contributed by atoms with Crippen LogP contribution in [0.4, 0.5) is 5.69 Å². The van der Waals surface area contributed by atoms with E-state index in [2.05, 4.69) is 15.5 Å². The van der Waals surface area contributed by atoms with E-state index in [1.807, 2.05) is 35.7 Å². The van der Waals surface area contributed by atoms with E-state index >= 15 is 0 Å². The largest absolute Gasteiger partial charge is 0.325 e. The van der Waals surface area contributed by atoms with Gasteiger partial charge in [0.25, 0.3) is 0 Å². The van der Waals surface area contributed by atoms with Gasteiger partial charge in [0.05, 0.1) is 23.8 Å². The number of carbonyl (C=O) groups excluding carboxylic acids is 1. The van der Waals surface area contributed by atoms with Crippen LogP contribution in [0.1, 0.15) is 4.88 Å². The fraction of sp³-hybridized carbons (Fsp3) is 0.0769. The molecule has 0 saturated heterocycles. The molecule has 0 aliphatic heterocycles. The first-order valence-corrected chi connectivity index (χ1v) is 6.45. The van der Waals surface area contributed by atoms with Gasteiger partial charge < -0.3 is 5.32 Å². The Morgan fingerprint density at radius 2 is 2.28 bits per heavy atom. The summed E-state index contributed by atoms with van der Waals surface area (Å²) in [5.74, 6) is -0.00819. The van der Waals surface area contributed by atoms with Crippen molar-refractivity contribution in [3.05, 3.63) is 46.8 Å². The molecule has 5 heteroatoms. The fourth-order valence-electron chi connectivity index (χ4n) is 1.84. The minimum Gasteiger partial charge on any atom is -0.325 e. The number of H-pyrrole nitrogens is 1. The molecule has 18 heavy (non-hydrogen) atoms. The van der Waals surface area contributed by atoms with Gasteiger partial charge in [0.15, 0.2) is 0 Å². The van der Waals surface area contributed by atoms with Crippen LogP contribution >= 0.6 is 11.3 Å². The number of nitrogens with one attached hydrogen (secondary N) is 2. The van der Waals surface area contributed by atoms with E-state index in [1.54, 1.807) is 17.5 Å². The van der Waals surface area contributed by atoms with Crippen molar-refractivity contribution in [3.63, 3.8) is 0 Å². The molecule has 1 aromatic carbocycles. The van der Waals surface area contributed by atoms with E-state index in [9.17, 15) is 4.79 Å². The van der Waals surface area contributed by atoms with Crippen LogP contribution in [0, 0.1) is 0 Å². The van der Waals surface area contributed by atoms with Crippen molar-refractivity contribution in [3.8, 4) is 0 Å². The molecule has 90 valence electrons. The topological polar surface area (TPSA) is 57.8 Å². The van der Waals surface area contributed by atoms with Gasteiger partial charge in [0, 0.05) is 10.3 Å². The van der Waals surface area contributed by atoms with E-state index in [4.69, 9.17) is 0 Å². The summed E-state index contributed by atoms with van der Waals surface area (Å²) in [6, 6.07) is 9.61. The zero-order chi connectivity index (χ0) is 12.4. The van der Waals surface area contributed by atoms with E-state index in [0.29, 0.717) is 6.42 Å². The molecule has 0 aliphatic rings. The number of benzene rings is 1. The molecular formula is C13H11N3OS. The number of rotatable bonds is 3. The Kier molecular flexibility index (Phi) is 2.82. The van der Waals surface area contributed by atoms with Crippen LogP contribution in [-0.2, 0) is 11.2 Å². The number of hydrogen-bond acceptors (Lipinski definition) is 3. The van der Waals surface area contributed by atoms with Gasteiger partial charge >= 0.3 is 0 Å². The molecular weight excluding hydrogens is 246 g/mol. The molecule has 0 unspecified atom stereocenters. The molecule has 2 N–H and O–H groups in total. The van der Waals surface area contributed by atoms with Crippen molar-refractivity contribution in [1.29, 1.82) is 0 Å². The Morgan fingerprint density at radius 1 is 1.33 bits per heavy atom. The zero-order valence-corrected chi connectivity index (χ0v) is 10.3. The molecule has 2 aromatic heterocycles. The third-order valence-electron chi connectivity index (χ3n) is 2.67. The van der Waals surface area contributed by atoms with Crippen molar-refractivity contribution in [2.75, 3.05) is 5.32 Å². The molecule has 0 atom stereocenters. The van der Waals surface area contributed by atoms with Gasteiger partial charge in [-0.25, -0.2) is 0 Å². The number of fused-ring (bicyclic) bond motifs is 1. The van der Waals surface area contributed by atoms with Crippen LogP contribution in [0.25, 0.3) is 10.9 Å². The predicted octanol–water partition coefficient (Wildman–Crippen LogP) is 2.81. The number of aromatic amines is 1. The van der Waals surface area contributed by atoms with E-state index < -0.39 is 0 Å². The van der Waals surface area contributed by atoms with Crippen molar-refractivity contribution in [2.24, 2.45) is 0 Å². The predicted molar refractivity (Wildman–Crippen MR) is 72.7 cm³/mol. The van der Waals surface area contributed by atoms with Gasteiger partial charge in [0.2, 0.25) is 5.91 Å². The van der Waals surface area contributed by atoms with Crippen LogP contribution in [0.2, 0.25) is 0 Å². The lowest BCUT2D eigenvalue weighted by molar-refractivity contribution is -0.115. The second-order valence-electron chi connectivity index (χ2n) is 3.94. The average Bonchev–Trinajstić information content (AvgIpc) is 2.99. The van der Waals surface area contributed by atoms with Gasteiger partial charge in [-0.3, -0.25) is 9.89 Å². The first kappa shape index (κ1) is 11.0. The molecule has 4 nitrogen and oxygen atoms in total. The van der Waals surface area contributed by atoms with Gasteiger partial charge in [0.1, 0.15) is 0 Å². The molecule has 0 aliphatic carbocycles. The Bertz CT molecular complexity index is 672. The SMILES string of the molecule is O=C(Cc1cccs1)Nc1cccc2[nH]ncc12.